The molecule has 0 aliphatic rings. The number of rotatable bonds is 5. The molecule has 1 atom stereocenters. The number of oxazole rings is 1. The van der Waals surface area contributed by atoms with Gasteiger partial charge in [0.05, 0.1) is 11.2 Å². The maximum atomic E-state index is 11.0. The van der Waals surface area contributed by atoms with Crippen LogP contribution in [-0.4, -0.2) is 22.2 Å². The van der Waals surface area contributed by atoms with E-state index in [1.165, 1.54) is 11.8 Å². The van der Waals surface area contributed by atoms with Crippen molar-refractivity contribution < 1.29 is 9.21 Å². The molecule has 1 aromatic rings. The topological polar surface area (TPSA) is 95.1 Å². The number of nitrogens with two attached hydrogens (primary N) is 2. The molecule has 90 valence electrons. The standard InChI is InChI=1S/C10H17N3O2S/c1-6-7(2)15-9(13-6)16-5-4-10(3,12)8(11)14/h4-5,12H2,1-3H3,(H2,11,14). The van der Waals surface area contributed by atoms with Gasteiger partial charge in [-0.1, -0.05) is 11.8 Å². The summed E-state index contributed by atoms with van der Waals surface area (Å²) < 4.78 is 5.38. The fraction of sp³-hybridized carbons (Fsp3) is 0.600. The lowest BCUT2D eigenvalue weighted by molar-refractivity contribution is -0.122. The number of nitrogens with zero attached hydrogens (tertiary/aromatic N) is 1. The van der Waals surface area contributed by atoms with E-state index in [0.717, 1.165) is 11.5 Å². The fourth-order valence-electron chi connectivity index (χ4n) is 0.979. The number of primary amides is 1. The Hall–Kier alpha value is -1.01. The molecule has 16 heavy (non-hydrogen) atoms. The predicted octanol–water partition coefficient (Wildman–Crippen LogP) is 0.976. The van der Waals surface area contributed by atoms with Gasteiger partial charge in [0.2, 0.25) is 5.91 Å². The zero-order valence-electron chi connectivity index (χ0n) is 9.74. The van der Waals surface area contributed by atoms with Crippen molar-refractivity contribution in [3.8, 4) is 0 Å². The van der Waals surface area contributed by atoms with Crippen LogP contribution in [0.2, 0.25) is 0 Å². The molecule has 5 nitrogen and oxygen atoms in total. The zero-order chi connectivity index (χ0) is 12.3. The maximum absolute atomic E-state index is 11.0. The minimum Gasteiger partial charge on any atom is -0.437 e. The van der Waals surface area contributed by atoms with E-state index in [-0.39, 0.29) is 0 Å². The Bertz CT molecular complexity index is 368. The van der Waals surface area contributed by atoms with Crippen molar-refractivity contribution in [1.29, 1.82) is 0 Å². The highest BCUT2D eigenvalue weighted by molar-refractivity contribution is 7.99. The van der Waals surface area contributed by atoms with E-state index in [1.54, 1.807) is 6.92 Å². The molecule has 1 unspecified atom stereocenters. The van der Waals surface area contributed by atoms with Gasteiger partial charge in [0.1, 0.15) is 5.76 Å². The minimum atomic E-state index is -0.969. The van der Waals surface area contributed by atoms with E-state index in [4.69, 9.17) is 15.9 Å². The Morgan fingerprint density at radius 2 is 2.19 bits per heavy atom. The summed E-state index contributed by atoms with van der Waals surface area (Å²) in [6.45, 7) is 5.38. The number of hydrogen-bond donors (Lipinski definition) is 2. The van der Waals surface area contributed by atoms with E-state index in [1.807, 2.05) is 13.8 Å². The number of aryl methyl sites for hydroxylation is 2. The van der Waals surface area contributed by atoms with Crippen molar-refractivity contribution >= 4 is 17.7 Å². The third-order valence-electron chi connectivity index (χ3n) is 2.42. The van der Waals surface area contributed by atoms with Gasteiger partial charge in [-0.2, -0.15) is 0 Å². The third kappa shape index (κ3) is 3.24. The van der Waals surface area contributed by atoms with E-state index in [0.29, 0.717) is 17.4 Å². The molecule has 4 N–H and O–H groups in total. The van der Waals surface area contributed by atoms with Crippen LogP contribution in [-0.2, 0) is 4.79 Å². The van der Waals surface area contributed by atoms with Crippen molar-refractivity contribution in [3.63, 3.8) is 0 Å². The lowest BCUT2D eigenvalue weighted by Gasteiger charge is -2.19. The van der Waals surface area contributed by atoms with Crippen LogP contribution in [0.25, 0.3) is 0 Å². The molecule has 0 aliphatic heterocycles. The van der Waals surface area contributed by atoms with Crippen LogP contribution >= 0.6 is 11.8 Å². The van der Waals surface area contributed by atoms with Crippen LogP contribution in [0.4, 0.5) is 0 Å². The first kappa shape index (κ1) is 13.1. The number of carbonyl (C=O) groups excluding carboxylic acids is 1. The van der Waals surface area contributed by atoms with Gasteiger partial charge in [-0.25, -0.2) is 4.98 Å². The van der Waals surface area contributed by atoms with Crippen molar-refractivity contribution in [2.75, 3.05) is 5.75 Å². The maximum Gasteiger partial charge on any atom is 0.256 e. The van der Waals surface area contributed by atoms with Gasteiger partial charge in [0.25, 0.3) is 5.22 Å². The second-order valence-corrected chi connectivity index (χ2v) is 5.05. The highest BCUT2D eigenvalue weighted by Crippen LogP contribution is 2.22. The molecule has 0 radical (unpaired) electrons. The first-order chi connectivity index (χ1) is 7.33. The van der Waals surface area contributed by atoms with Gasteiger partial charge >= 0.3 is 0 Å². The minimum absolute atomic E-state index is 0.493. The molecule has 1 aromatic heterocycles. The molecule has 1 amide bonds. The predicted molar refractivity (Wildman–Crippen MR) is 63.1 cm³/mol. The molecule has 1 rings (SSSR count). The number of hydrogen-bond acceptors (Lipinski definition) is 5. The van der Waals surface area contributed by atoms with Gasteiger partial charge in [-0.05, 0) is 27.2 Å². The molecule has 0 aromatic carbocycles. The lowest BCUT2D eigenvalue weighted by atomic mass is 10.0. The second-order valence-electron chi connectivity index (χ2n) is 4.00. The van der Waals surface area contributed by atoms with E-state index >= 15 is 0 Å². The Morgan fingerprint density at radius 1 is 1.56 bits per heavy atom. The molecule has 0 spiro atoms. The molecular weight excluding hydrogens is 226 g/mol. The normalized spacial score (nSPS) is 14.8. The molecule has 0 bridgehead atoms. The number of aromatic nitrogens is 1. The Balaban J connectivity index is 2.44. The fourth-order valence-corrected chi connectivity index (χ4v) is 2.06. The number of carbonyl (C=O) groups is 1. The molecule has 0 fully saturated rings. The first-order valence-corrected chi connectivity index (χ1v) is 5.97. The third-order valence-corrected chi connectivity index (χ3v) is 3.25. The monoisotopic (exact) mass is 243 g/mol. The number of thioether (sulfide) groups is 1. The van der Waals surface area contributed by atoms with E-state index in [2.05, 4.69) is 4.98 Å². The summed E-state index contributed by atoms with van der Waals surface area (Å²) in [5.41, 5.74) is 10.8. The summed E-state index contributed by atoms with van der Waals surface area (Å²) >= 11 is 1.43. The zero-order valence-corrected chi connectivity index (χ0v) is 10.6. The highest BCUT2D eigenvalue weighted by Gasteiger charge is 2.25. The van der Waals surface area contributed by atoms with Crippen LogP contribution in [0.15, 0.2) is 9.64 Å². The smallest absolute Gasteiger partial charge is 0.256 e. The quantitative estimate of drug-likeness (QED) is 0.751. The second kappa shape index (κ2) is 4.88. The molecular formula is C10H17N3O2S. The van der Waals surface area contributed by atoms with Crippen molar-refractivity contribution in [1.82, 2.24) is 4.98 Å². The van der Waals surface area contributed by atoms with Crippen LogP contribution in [0.3, 0.4) is 0 Å². The summed E-state index contributed by atoms with van der Waals surface area (Å²) in [6.07, 6.45) is 0.494. The first-order valence-electron chi connectivity index (χ1n) is 4.98. The molecule has 0 saturated carbocycles. The average Bonchev–Trinajstić information content (AvgIpc) is 2.45. The van der Waals surface area contributed by atoms with Gasteiger partial charge in [-0.3, -0.25) is 4.79 Å². The van der Waals surface area contributed by atoms with Crippen LogP contribution in [0.5, 0.6) is 0 Å². The molecule has 1 heterocycles. The molecule has 0 aliphatic carbocycles. The average molecular weight is 243 g/mol. The van der Waals surface area contributed by atoms with E-state index < -0.39 is 11.4 Å². The van der Waals surface area contributed by atoms with Crippen molar-refractivity contribution in [3.05, 3.63) is 11.5 Å². The van der Waals surface area contributed by atoms with Crippen LogP contribution in [0.1, 0.15) is 24.8 Å². The van der Waals surface area contributed by atoms with Crippen molar-refractivity contribution in [2.45, 2.75) is 38.0 Å². The van der Waals surface area contributed by atoms with E-state index in [9.17, 15) is 4.79 Å². The highest BCUT2D eigenvalue weighted by atomic mass is 32.2. The van der Waals surface area contributed by atoms with Gasteiger partial charge in [-0.15, -0.1) is 0 Å². The Labute approximate surface area is 99.0 Å². The SMILES string of the molecule is Cc1nc(SCCC(C)(N)C(N)=O)oc1C. The summed E-state index contributed by atoms with van der Waals surface area (Å²) in [5.74, 6) is 0.968. The van der Waals surface area contributed by atoms with Gasteiger partial charge in [0, 0.05) is 5.75 Å². The Kier molecular flexibility index (Phi) is 3.98. The summed E-state index contributed by atoms with van der Waals surface area (Å²) in [6, 6.07) is 0. The van der Waals surface area contributed by atoms with Crippen molar-refractivity contribution in [2.24, 2.45) is 11.5 Å². The van der Waals surface area contributed by atoms with Gasteiger partial charge in [0.15, 0.2) is 0 Å². The molecule has 0 saturated heterocycles. The molecule has 6 heteroatoms. The van der Waals surface area contributed by atoms with Gasteiger partial charge < -0.3 is 15.9 Å². The summed E-state index contributed by atoms with van der Waals surface area (Å²) in [4.78, 5) is 15.2. The largest absolute Gasteiger partial charge is 0.437 e. The van der Waals surface area contributed by atoms with Crippen LogP contribution < -0.4 is 11.5 Å². The lowest BCUT2D eigenvalue weighted by Crippen LogP contribution is -2.49. The van der Waals surface area contributed by atoms with Crippen LogP contribution in [0, 0.1) is 13.8 Å². The Morgan fingerprint density at radius 3 is 2.62 bits per heavy atom. The summed E-state index contributed by atoms with van der Waals surface area (Å²) in [7, 11) is 0. The summed E-state index contributed by atoms with van der Waals surface area (Å²) in [5, 5.41) is 0.607. The number of amides is 1.